The summed E-state index contributed by atoms with van der Waals surface area (Å²) in [5.74, 6) is 0.189. The Labute approximate surface area is 122 Å². The third-order valence-electron chi connectivity index (χ3n) is 4.54. The molecule has 2 saturated heterocycles. The van der Waals surface area contributed by atoms with Gasteiger partial charge in [-0.25, -0.2) is 0 Å². The van der Waals surface area contributed by atoms with Crippen molar-refractivity contribution in [2.24, 2.45) is 5.73 Å². The lowest BCUT2D eigenvalue weighted by molar-refractivity contribution is -0.144. The fraction of sp³-hybridized carbons (Fsp3) is 0.933. The number of carbonyl (C=O) groups is 1. The summed E-state index contributed by atoms with van der Waals surface area (Å²) in [6.45, 7) is 8.46. The summed E-state index contributed by atoms with van der Waals surface area (Å²) in [6.07, 6.45) is 4.22. The number of amides is 1. The maximum atomic E-state index is 12.4. The zero-order chi connectivity index (χ0) is 14.5. The molecule has 2 fully saturated rings. The average molecular weight is 283 g/mol. The van der Waals surface area contributed by atoms with Gasteiger partial charge >= 0.3 is 0 Å². The van der Waals surface area contributed by atoms with E-state index in [9.17, 15) is 4.79 Å². The largest absolute Gasteiger partial charge is 0.365 e. The van der Waals surface area contributed by atoms with Gasteiger partial charge < -0.3 is 15.4 Å². The lowest BCUT2D eigenvalue weighted by Gasteiger charge is -2.39. The summed E-state index contributed by atoms with van der Waals surface area (Å²) >= 11 is 0. The monoisotopic (exact) mass is 283 g/mol. The molecule has 20 heavy (non-hydrogen) atoms. The van der Waals surface area contributed by atoms with E-state index in [-0.39, 0.29) is 18.1 Å². The van der Waals surface area contributed by atoms with Crippen LogP contribution in [-0.4, -0.2) is 66.7 Å². The first kappa shape index (κ1) is 15.7. The number of hydrogen-bond donors (Lipinski definition) is 1. The Balaban J connectivity index is 1.80. The molecule has 0 radical (unpaired) electrons. The molecule has 0 saturated carbocycles. The zero-order valence-corrected chi connectivity index (χ0v) is 12.9. The maximum Gasteiger partial charge on any atom is 0.251 e. The highest BCUT2D eigenvalue weighted by molar-refractivity contribution is 5.81. The van der Waals surface area contributed by atoms with Crippen molar-refractivity contribution >= 4 is 5.91 Å². The van der Waals surface area contributed by atoms with Crippen molar-refractivity contribution in [3.05, 3.63) is 0 Å². The van der Waals surface area contributed by atoms with Gasteiger partial charge in [-0.15, -0.1) is 0 Å². The predicted molar refractivity (Wildman–Crippen MR) is 79.5 cm³/mol. The normalized spacial score (nSPS) is 29.6. The van der Waals surface area contributed by atoms with Crippen molar-refractivity contribution in [3.8, 4) is 0 Å². The fourth-order valence-corrected chi connectivity index (χ4v) is 3.28. The molecule has 0 aromatic heterocycles. The second-order valence-electron chi connectivity index (χ2n) is 6.05. The number of rotatable bonds is 5. The van der Waals surface area contributed by atoms with Crippen LogP contribution in [0.25, 0.3) is 0 Å². The lowest BCUT2D eigenvalue weighted by atomic mass is 10.1. The van der Waals surface area contributed by atoms with E-state index in [1.807, 2.05) is 11.8 Å². The SMILES string of the molecule is CCCC(CN)N1CCN(C(=O)C2CCC(C)O2)CC1. The Hall–Kier alpha value is -0.650. The number of hydrogen-bond acceptors (Lipinski definition) is 4. The number of carbonyl (C=O) groups excluding carboxylic acids is 1. The minimum absolute atomic E-state index is 0.189. The number of nitrogens with zero attached hydrogens (tertiary/aromatic N) is 2. The van der Waals surface area contributed by atoms with Gasteiger partial charge in [0.15, 0.2) is 0 Å². The molecular formula is C15H29N3O2. The van der Waals surface area contributed by atoms with Crippen LogP contribution in [0, 0.1) is 0 Å². The minimum Gasteiger partial charge on any atom is -0.365 e. The average Bonchev–Trinajstić information content (AvgIpc) is 2.91. The molecule has 2 rings (SSSR count). The molecule has 2 aliphatic heterocycles. The van der Waals surface area contributed by atoms with Gasteiger partial charge in [-0.1, -0.05) is 13.3 Å². The van der Waals surface area contributed by atoms with Gasteiger partial charge in [0.05, 0.1) is 6.10 Å². The first-order valence-corrected chi connectivity index (χ1v) is 8.04. The Morgan fingerprint density at radius 2 is 2.00 bits per heavy atom. The summed E-state index contributed by atoms with van der Waals surface area (Å²) < 4.78 is 5.69. The molecule has 5 heteroatoms. The standard InChI is InChI=1S/C15H29N3O2/c1-3-4-13(11-16)17-7-9-18(10-8-17)15(19)14-6-5-12(2)20-14/h12-14H,3-11,16H2,1-2H3. The molecule has 0 aliphatic carbocycles. The second-order valence-corrected chi connectivity index (χ2v) is 6.05. The highest BCUT2D eigenvalue weighted by Crippen LogP contribution is 2.21. The topological polar surface area (TPSA) is 58.8 Å². The summed E-state index contributed by atoms with van der Waals surface area (Å²) in [6, 6.07) is 0.472. The van der Waals surface area contributed by atoms with E-state index in [0.29, 0.717) is 12.6 Å². The summed E-state index contributed by atoms with van der Waals surface area (Å²) in [7, 11) is 0. The van der Waals surface area contributed by atoms with Crippen LogP contribution in [0.15, 0.2) is 0 Å². The van der Waals surface area contributed by atoms with E-state index < -0.39 is 0 Å². The van der Waals surface area contributed by atoms with Crippen LogP contribution in [-0.2, 0) is 9.53 Å². The van der Waals surface area contributed by atoms with Crippen molar-refractivity contribution in [1.29, 1.82) is 0 Å². The molecule has 2 N–H and O–H groups in total. The molecule has 2 heterocycles. The van der Waals surface area contributed by atoms with Crippen molar-refractivity contribution < 1.29 is 9.53 Å². The predicted octanol–water partition coefficient (Wildman–Crippen LogP) is 0.826. The van der Waals surface area contributed by atoms with Crippen LogP contribution in [0.5, 0.6) is 0 Å². The lowest BCUT2D eigenvalue weighted by Crippen LogP contribution is -2.55. The van der Waals surface area contributed by atoms with Gasteiger partial charge in [-0.05, 0) is 26.2 Å². The van der Waals surface area contributed by atoms with E-state index in [4.69, 9.17) is 10.5 Å². The van der Waals surface area contributed by atoms with Gasteiger partial charge in [0.1, 0.15) is 6.10 Å². The Kier molecular flexibility index (Phi) is 5.81. The van der Waals surface area contributed by atoms with Gasteiger partial charge in [-0.2, -0.15) is 0 Å². The molecule has 3 unspecified atom stereocenters. The first-order chi connectivity index (χ1) is 9.65. The van der Waals surface area contributed by atoms with E-state index in [0.717, 1.165) is 51.9 Å². The highest BCUT2D eigenvalue weighted by atomic mass is 16.5. The molecule has 116 valence electrons. The number of nitrogens with two attached hydrogens (primary N) is 1. The van der Waals surface area contributed by atoms with E-state index in [1.54, 1.807) is 0 Å². The van der Waals surface area contributed by atoms with E-state index in [1.165, 1.54) is 0 Å². The van der Waals surface area contributed by atoms with Crippen LogP contribution in [0.1, 0.15) is 39.5 Å². The minimum atomic E-state index is -0.197. The first-order valence-electron chi connectivity index (χ1n) is 8.04. The maximum absolute atomic E-state index is 12.4. The highest BCUT2D eigenvalue weighted by Gasteiger charge is 2.33. The van der Waals surface area contributed by atoms with Gasteiger partial charge in [0.25, 0.3) is 5.91 Å². The summed E-state index contributed by atoms with van der Waals surface area (Å²) in [4.78, 5) is 16.8. The molecule has 1 amide bonds. The van der Waals surface area contributed by atoms with Crippen LogP contribution in [0.4, 0.5) is 0 Å². The number of piperazine rings is 1. The van der Waals surface area contributed by atoms with Crippen LogP contribution < -0.4 is 5.73 Å². The molecular weight excluding hydrogens is 254 g/mol. The zero-order valence-electron chi connectivity index (χ0n) is 12.9. The quantitative estimate of drug-likeness (QED) is 0.812. The van der Waals surface area contributed by atoms with Crippen molar-refractivity contribution in [3.63, 3.8) is 0 Å². The molecule has 5 nitrogen and oxygen atoms in total. The molecule has 0 bridgehead atoms. The number of ether oxygens (including phenoxy) is 1. The second kappa shape index (κ2) is 7.38. The molecule has 0 spiro atoms. The summed E-state index contributed by atoms with van der Waals surface area (Å²) in [5.41, 5.74) is 5.86. The Morgan fingerprint density at radius 3 is 2.50 bits per heavy atom. The third kappa shape index (κ3) is 3.71. The fourth-order valence-electron chi connectivity index (χ4n) is 3.28. The molecule has 2 aliphatic rings. The van der Waals surface area contributed by atoms with Crippen LogP contribution in [0.3, 0.4) is 0 Å². The van der Waals surface area contributed by atoms with Crippen LogP contribution >= 0.6 is 0 Å². The smallest absolute Gasteiger partial charge is 0.251 e. The van der Waals surface area contributed by atoms with Crippen molar-refractivity contribution in [1.82, 2.24) is 9.80 Å². The Morgan fingerprint density at radius 1 is 1.30 bits per heavy atom. The van der Waals surface area contributed by atoms with Crippen molar-refractivity contribution in [2.75, 3.05) is 32.7 Å². The van der Waals surface area contributed by atoms with Gasteiger partial charge in [-0.3, -0.25) is 9.69 Å². The van der Waals surface area contributed by atoms with E-state index in [2.05, 4.69) is 11.8 Å². The van der Waals surface area contributed by atoms with Gasteiger partial charge in [0, 0.05) is 38.8 Å². The summed E-state index contributed by atoms with van der Waals surface area (Å²) in [5, 5.41) is 0. The van der Waals surface area contributed by atoms with Crippen molar-refractivity contribution in [2.45, 2.75) is 57.8 Å². The molecule has 3 atom stereocenters. The Bertz CT molecular complexity index is 316. The third-order valence-corrected chi connectivity index (χ3v) is 4.54. The van der Waals surface area contributed by atoms with Crippen LogP contribution in [0.2, 0.25) is 0 Å². The van der Waals surface area contributed by atoms with E-state index >= 15 is 0 Å². The molecule has 0 aromatic carbocycles. The molecule has 0 aromatic rings. The van der Waals surface area contributed by atoms with Gasteiger partial charge in [0.2, 0.25) is 0 Å².